The SMILES string of the molecule is Clc1cc(Cl)c(NCC2CC3C=CC2C3)cc1Cl. The lowest BCUT2D eigenvalue weighted by Gasteiger charge is -2.20. The van der Waals surface area contributed by atoms with E-state index in [-0.39, 0.29) is 0 Å². The van der Waals surface area contributed by atoms with Crippen LogP contribution in [0.4, 0.5) is 5.69 Å². The van der Waals surface area contributed by atoms with Crippen molar-refractivity contribution in [1.82, 2.24) is 0 Å². The third-order valence-corrected chi connectivity index (χ3v) is 5.02. The van der Waals surface area contributed by atoms with E-state index < -0.39 is 0 Å². The van der Waals surface area contributed by atoms with E-state index in [4.69, 9.17) is 34.8 Å². The smallest absolute Gasteiger partial charge is 0.0653 e. The van der Waals surface area contributed by atoms with E-state index in [1.807, 2.05) is 0 Å². The number of anilines is 1. The zero-order chi connectivity index (χ0) is 12.7. The Morgan fingerprint density at radius 1 is 1.00 bits per heavy atom. The highest BCUT2D eigenvalue weighted by Gasteiger charge is 2.35. The average molecular weight is 303 g/mol. The van der Waals surface area contributed by atoms with Crippen LogP contribution in [0.2, 0.25) is 15.1 Å². The summed E-state index contributed by atoms with van der Waals surface area (Å²) in [7, 11) is 0. The van der Waals surface area contributed by atoms with Crippen LogP contribution in [-0.4, -0.2) is 6.54 Å². The van der Waals surface area contributed by atoms with Crippen molar-refractivity contribution in [3.05, 3.63) is 39.4 Å². The molecule has 0 aromatic heterocycles. The van der Waals surface area contributed by atoms with Gasteiger partial charge in [0.2, 0.25) is 0 Å². The predicted octanol–water partition coefficient (Wildman–Crippen LogP) is 5.27. The Balaban J connectivity index is 1.67. The van der Waals surface area contributed by atoms with Crippen molar-refractivity contribution in [3.63, 3.8) is 0 Å². The third kappa shape index (κ3) is 2.36. The number of halogens is 3. The van der Waals surface area contributed by atoms with Gasteiger partial charge in [-0.15, -0.1) is 0 Å². The van der Waals surface area contributed by atoms with Crippen LogP contribution < -0.4 is 5.32 Å². The zero-order valence-corrected chi connectivity index (χ0v) is 12.1. The second-order valence-electron chi connectivity index (χ2n) is 5.17. The molecule has 3 rings (SSSR count). The van der Waals surface area contributed by atoms with Crippen LogP contribution in [-0.2, 0) is 0 Å². The minimum atomic E-state index is 0.495. The first kappa shape index (κ1) is 12.7. The highest BCUT2D eigenvalue weighted by atomic mass is 35.5. The Hall–Kier alpha value is -0.370. The maximum atomic E-state index is 6.15. The lowest BCUT2D eigenvalue weighted by Crippen LogP contribution is -2.18. The largest absolute Gasteiger partial charge is 0.383 e. The Labute approximate surface area is 122 Å². The van der Waals surface area contributed by atoms with Crippen LogP contribution in [0.3, 0.4) is 0 Å². The van der Waals surface area contributed by atoms with E-state index in [9.17, 15) is 0 Å². The van der Waals surface area contributed by atoms with E-state index in [2.05, 4.69) is 17.5 Å². The quantitative estimate of drug-likeness (QED) is 0.592. The van der Waals surface area contributed by atoms with Gasteiger partial charge >= 0.3 is 0 Å². The van der Waals surface area contributed by atoms with Crippen LogP contribution >= 0.6 is 34.8 Å². The first-order valence-corrected chi connectivity index (χ1v) is 7.33. The molecule has 0 aliphatic heterocycles. The van der Waals surface area contributed by atoms with Crippen LogP contribution in [0.15, 0.2) is 24.3 Å². The summed E-state index contributed by atoms with van der Waals surface area (Å²) < 4.78 is 0. The molecule has 2 aliphatic rings. The molecule has 3 unspecified atom stereocenters. The second-order valence-corrected chi connectivity index (χ2v) is 6.39. The van der Waals surface area contributed by atoms with Gasteiger partial charge < -0.3 is 5.32 Å². The fourth-order valence-electron chi connectivity index (χ4n) is 3.03. The maximum absolute atomic E-state index is 6.15. The molecule has 0 spiro atoms. The number of allylic oxidation sites excluding steroid dienone is 2. The molecule has 96 valence electrons. The monoisotopic (exact) mass is 301 g/mol. The fourth-order valence-corrected chi connectivity index (χ4v) is 3.64. The first-order valence-electron chi connectivity index (χ1n) is 6.20. The van der Waals surface area contributed by atoms with Crippen LogP contribution in [0.1, 0.15) is 12.8 Å². The number of rotatable bonds is 3. The molecule has 1 nitrogen and oxygen atoms in total. The summed E-state index contributed by atoms with van der Waals surface area (Å²) in [5.74, 6) is 2.25. The summed E-state index contributed by atoms with van der Waals surface area (Å²) >= 11 is 18.1. The highest BCUT2D eigenvalue weighted by molar-refractivity contribution is 6.44. The number of benzene rings is 1. The normalized spacial score (nSPS) is 28.9. The molecule has 1 aromatic rings. The number of nitrogens with one attached hydrogen (secondary N) is 1. The molecule has 0 amide bonds. The molecule has 18 heavy (non-hydrogen) atoms. The van der Waals surface area contributed by atoms with Crippen molar-refractivity contribution in [2.24, 2.45) is 17.8 Å². The number of hydrogen-bond donors (Lipinski definition) is 1. The topological polar surface area (TPSA) is 12.0 Å². The minimum Gasteiger partial charge on any atom is -0.383 e. The van der Waals surface area contributed by atoms with Gasteiger partial charge in [-0.05, 0) is 42.7 Å². The van der Waals surface area contributed by atoms with Crippen molar-refractivity contribution in [2.45, 2.75) is 12.8 Å². The molecule has 0 heterocycles. The number of hydrogen-bond acceptors (Lipinski definition) is 1. The number of fused-ring (bicyclic) bond motifs is 2. The van der Waals surface area contributed by atoms with Crippen molar-refractivity contribution in [3.8, 4) is 0 Å². The Morgan fingerprint density at radius 3 is 2.44 bits per heavy atom. The standard InChI is InChI=1S/C14H14Cl3N/c15-11-5-13(17)14(6-12(11)16)18-7-10-4-8-1-2-9(10)3-8/h1-2,5-6,8-10,18H,3-4,7H2. The van der Waals surface area contributed by atoms with Crippen LogP contribution in [0, 0.1) is 17.8 Å². The molecule has 3 atom stereocenters. The Kier molecular flexibility index (Phi) is 3.48. The maximum Gasteiger partial charge on any atom is 0.0653 e. The molecule has 0 radical (unpaired) electrons. The molecule has 0 saturated heterocycles. The third-order valence-electron chi connectivity index (χ3n) is 3.98. The van der Waals surface area contributed by atoms with Crippen molar-refractivity contribution < 1.29 is 0 Å². The molecule has 2 aliphatic carbocycles. The molecule has 1 saturated carbocycles. The summed E-state index contributed by atoms with van der Waals surface area (Å²) in [6.07, 6.45) is 7.32. The molecule has 1 aromatic carbocycles. The highest BCUT2D eigenvalue weighted by Crippen LogP contribution is 2.43. The van der Waals surface area contributed by atoms with Crippen LogP contribution in [0.5, 0.6) is 0 Å². The summed E-state index contributed by atoms with van der Waals surface area (Å²) in [5.41, 5.74) is 0.873. The van der Waals surface area contributed by atoms with Gasteiger partial charge in [0, 0.05) is 6.54 Å². The average Bonchev–Trinajstić information content (AvgIpc) is 2.94. The first-order chi connectivity index (χ1) is 8.63. The molecule has 2 bridgehead atoms. The predicted molar refractivity (Wildman–Crippen MR) is 78.8 cm³/mol. The lowest BCUT2D eigenvalue weighted by molar-refractivity contribution is 0.472. The summed E-state index contributed by atoms with van der Waals surface area (Å²) in [5, 5.41) is 5.06. The van der Waals surface area contributed by atoms with Gasteiger partial charge in [0.15, 0.2) is 0 Å². The van der Waals surface area contributed by atoms with Gasteiger partial charge in [0.05, 0.1) is 20.8 Å². The van der Waals surface area contributed by atoms with Gasteiger partial charge in [-0.2, -0.15) is 0 Å². The van der Waals surface area contributed by atoms with Crippen molar-refractivity contribution in [2.75, 3.05) is 11.9 Å². The molecular weight excluding hydrogens is 289 g/mol. The van der Waals surface area contributed by atoms with Gasteiger partial charge in [-0.1, -0.05) is 47.0 Å². The fraction of sp³-hybridized carbons (Fsp3) is 0.429. The van der Waals surface area contributed by atoms with E-state index in [1.165, 1.54) is 12.8 Å². The van der Waals surface area contributed by atoms with E-state index >= 15 is 0 Å². The van der Waals surface area contributed by atoms with E-state index in [1.54, 1.807) is 12.1 Å². The summed E-state index contributed by atoms with van der Waals surface area (Å²) in [6, 6.07) is 3.49. The Morgan fingerprint density at radius 2 is 1.78 bits per heavy atom. The molecular formula is C14H14Cl3N. The van der Waals surface area contributed by atoms with Crippen LogP contribution in [0.25, 0.3) is 0 Å². The van der Waals surface area contributed by atoms with Crippen molar-refractivity contribution in [1.29, 1.82) is 0 Å². The van der Waals surface area contributed by atoms with Gasteiger partial charge in [-0.3, -0.25) is 0 Å². The van der Waals surface area contributed by atoms with Gasteiger partial charge in [0.25, 0.3) is 0 Å². The zero-order valence-electron chi connectivity index (χ0n) is 9.80. The molecule has 1 N–H and O–H groups in total. The minimum absolute atomic E-state index is 0.495. The molecule has 4 heteroatoms. The van der Waals surface area contributed by atoms with Gasteiger partial charge in [0.1, 0.15) is 0 Å². The second kappa shape index (κ2) is 4.96. The summed E-state index contributed by atoms with van der Waals surface area (Å²) in [4.78, 5) is 0. The lowest BCUT2D eigenvalue weighted by atomic mass is 9.93. The van der Waals surface area contributed by atoms with Gasteiger partial charge in [-0.25, -0.2) is 0 Å². The van der Waals surface area contributed by atoms with Crippen molar-refractivity contribution >= 4 is 40.5 Å². The summed E-state index contributed by atoms with van der Waals surface area (Å²) in [6.45, 7) is 0.948. The van der Waals surface area contributed by atoms with E-state index in [0.29, 0.717) is 21.0 Å². The van der Waals surface area contributed by atoms with E-state index in [0.717, 1.165) is 24.1 Å². The molecule has 1 fully saturated rings. The Bertz CT molecular complexity index is 498.